The molecule has 0 fully saturated rings. The molecule has 0 spiro atoms. The molecule has 3 nitrogen and oxygen atoms in total. The monoisotopic (exact) mass is 474 g/mol. The van der Waals surface area contributed by atoms with Crippen LogP contribution in [0.4, 0.5) is 0 Å². The number of hydrogen-bond donors (Lipinski definition) is 1. The number of benzene rings is 1. The van der Waals surface area contributed by atoms with Gasteiger partial charge in [0.2, 0.25) is 0 Å². The van der Waals surface area contributed by atoms with Gasteiger partial charge in [0.1, 0.15) is 0 Å². The highest BCUT2D eigenvalue weighted by Gasteiger charge is 2.17. The molecule has 0 amide bonds. The summed E-state index contributed by atoms with van der Waals surface area (Å²) in [6.07, 6.45) is 27.1. The number of carbonyl (C=O) groups is 1. The van der Waals surface area contributed by atoms with Crippen molar-refractivity contribution in [2.45, 2.75) is 154 Å². The number of unbranched alkanes of at least 4 members (excludes halogenated alkanes) is 19. The lowest BCUT2D eigenvalue weighted by molar-refractivity contribution is -0.151. The molecule has 3 heteroatoms. The van der Waals surface area contributed by atoms with Gasteiger partial charge in [-0.1, -0.05) is 166 Å². The van der Waals surface area contributed by atoms with Crippen LogP contribution in [0, 0.1) is 0 Å². The van der Waals surface area contributed by atoms with E-state index >= 15 is 0 Å². The average molecular weight is 475 g/mol. The van der Waals surface area contributed by atoms with Gasteiger partial charge < -0.3 is 9.84 Å². The Morgan fingerprint density at radius 1 is 0.647 bits per heavy atom. The molecule has 0 saturated heterocycles. The van der Waals surface area contributed by atoms with Crippen molar-refractivity contribution < 1.29 is 14.6 Å². The van der Waals surface area contributed by atoms with Gasteiger partial charge in [-0.05, 0) is 12.0 Å². The molecule has 1 atom stereocenters. The van der Waals surface area contributed by atoms with Crippen LogP contribution in [0.25, 0.3) is 0 Å². The molecule has 0 aliphatic carbocycles. The molecular weight excluding hydrogens is 420 g/mol. The second-order valence-corrected chi connectivity index (χ2v) is 10.1. The normalized spacial score (nSPS) is 12.1. The molecule has 0 unspecified atom stereocenters. The summed E-state index contributed by atoms with van der Waals surface area (Å²) >= 11 is 0. The molecule has 1 aromatic rings. The number of hydrogen-bond acceptors (Lipinski definition) is 2. The van der Waals surface area contributed by atoms with Gasteiger partial charge in [-0.15, -0.1) is 0 Å². The third-order valence-electron chi connectivity index (χ3n) is 6.89. The Kier molecular flexibility index (Phi) is 21.1. The SMILES string of the molecule is CCCCCCCCCCCCCCCCCCCCCC[C@@H](OCc1ccccc1)C(=O)O. The van der Waals surface area contributed by atoms with Crippen molar-refractivity contribution in [2.75, 3.05) is 0 Å². The molecule has 0 heterocycles. The highest BCUT2D eigenvalue weighted by Crippen LogP contribution is 2.16. The molecule has 0 aromatic heterocycles. The summed E-state index contributed by atoms with van der Waals surface area (Å²) in [5.41, 5.74) is 1.03. The Hall–Kier alpha value is -1.35. The third kappa shape index (κ3) is 19.0. The number of ether oxygens (including phenoxy) is 1. The number of carboxylic acid groups (broad SMARTS) is 1. The van der Waals surface area contributed by atoms with Gasteiger partial charge in [0, 0.05) is 0 Å². The lowest BCUT2D eigenvalue weighted by Crippen LogP contribution is -2.23. The van der Waals surface area contributed by atoms with Crippen molar-refractivity contribution in [3.63, 3.8) is 0 Å². The molecule has 196 valence electrons. The van der Waals surface area contributed by atoms with Crippen molar-refractivity contribution in [2.24, 2.45) is 0 Å². The van der Waals surface area contributed by atoms with Crippen LogP contribution in [-0.4, -0.2) is 17.2 Å². The quantitative estimate of drug-likeness (QED) is 0.143. The van der Waals surface area contributed by atoms with Gasteiger partial charge in [0.05, 0.1) is 6.61 Å². The van der Waals surface area contributed by atoms with Crippen LogP contribution < -0.4 is 0 Å². The molecule has 0 aliphatic rings. The van der Waals surface area contributed by atoms with Crippen LogP contribution in [0.1, 0.15) is 147 Å². The van der Waals surface area contributed by atoms with Gasteiger partial charge >= 0.3 is 5.97 Å². The summed E-state index contributed by atoms with van der Waals surface area (Å²) in [6.45, 7) is 2.66. The number of rotatable bonds is 25. The zero-order valence-electron chi connectivity index (χ0n) is 22.3. The molecule has 0 radical (unpaired) electrons. The molecule has 1 rings (SSSR count). The van der Waals surface area contributed by atoms with Crippen LogP contribution in [0.5, 0.6) is 0 Å². The fourth-order valence-electron chi connectivity index (χ4n) is 4.63. The minimum atomic E-state index is -0.839. The Balaban J connectivity index is 1.81. The van der Waals surface area contributed by atoms with E-state index in [4.69, 9.17) is 4.74 Å². The predicted molar refractivity (Wildman–Crippen MR) is 145 cm³/mol. The fraction of sp³-hybridized carbons (Fsp3) is 0.774. The van der Waals surface area contributed by atoms with E-state index < -0.39 is 12.1 Å². The molecule has 0 saturated carbocycles. The van der Waals surface area contributed by atoms with Gasteiger partial charge in [0.15, 0.2) is 6.10 Å². The third-order valence-corrected chi connectivity index (χ3v) is 6.89. The summed E-state index contributed by atoms with van der Waals surface area (Å²) in [5.74, 6) is -0.839. The Morgan fingerprint density at radius 2 is 1.03 bits per heavy atom. The molecule has 0 aliphatic heterocycles. The Morgan fingerprint density at radius 3 is 1.41 bits per heavy atom. The van der Waals surface area contributed by atoms with Crippen molar-refractivity contribution in [1.82, 2.24) is 0 Å². The van der Waals surface area contributed by atoms with E-state index in [2.05, 4.69) is 6.92 Å². The largest absolute Gasteiger partial charge is 0.479 e. The smallest absolute Gasteiger partial charge is 0.332 e. The summed E-state index contributed by atoms with van der Waals surface area (Å²) in [5, 5.41) is 9.38. The first-order valence-corrected chi connectivity index (χ1v) is 14.6. The van der Waals surface area contributed by atoms with E-state index in [9.17, 15) is 9.90 Å². The first kappa shape index (κ1) is 30.7. The number of carboxylic acids is 1. The average Bonchev–Trinajstić information content (AvgIpc) is 2.85. The van der Waals surface area contributed by atoms with Crippen LogP contribution >= 0.6 is 0 Å². The van der Waals surface area contributed by atoms with Crippen molar-refractivity contribution >= 4 is 5.97 Å². The lowest BCUT2D eigenvalue weighted by atomic mass is 10.0. The zero-order chi connectivity index (χ0) is 24.5. The first-order chi connectivity index (χ1) is 16.7. The minimum absolute atomic E-state index is 0.372. The minimum Gasteiger partial charge on any atom is -0.479 e. The maximum atomic E-state index is 11.4. The Labute approximate surface area is 211 Å². The lowest BCUT2D eigenvalue weighted by Gasteiger charge is -2.13. The summed E-state index contributed by atoms with van der Waals surface area (Å²) in [6, 6.07) is 9.80. The van der Waals surface area contributed by atoms with Crippen molar-refractivity contribution in [1.29, 1.82) is 0 Å². The predicted octanol–water partition coefficient (Wildman–Crippen LogP) is 9.87. The van der Waals surface area contributed by atoms with Gasteiger partial charge in [0.25, 0.3) is 0 Å². The molecular formula is C31H54O3. The van der Waals surface area contributed by atoms with Crippen LogP contribution in [0.2, 0.25) is 0 Å². The summed E-state index contributed by atoms with van der Waals surface area (Å²) < 4.78 is 5.63. The van der Waals surface area contributed by atoms with Gasteiger partial charge in [-0.25, -0.2) is 4.79 Å². The Bertz CT molecular complexity index is 557. The standard InChI is InChI=1S/C31H54O3/c1-2-3-4-5-6-7-8-9-10-11-12-13-14-15-16-17-18-19-20-24-27-30(31(32)33)34-28-29-25-22-21-23-26-29/h21-23,25-26,30H,2-20,24,27-28H2,1H3,(H,32,33)/t30-/m1/s1. The van der Waals surface area contributed by atoms with Crippen LogP contribution in [0.15, 0.2) is 30.3 Å². The van der Waals surface area contributed by atoms with E-state index in [1.807, 2.05) is 30.3 Å². The number of aliphatic carboxylic acids is 1. The van der Waals surface area contributed by atoms with Gasteiger partial charge in [-0.2, -0.15) is 0 Å². The highest BCUT2D eigenvalue weighted by atomic mass is 16.5. The molecule has 0 bridgehead atoms. The van der Waals surface area contributed by atoms with E-state index in [0.29, 0.717) is 13.0 Å². The highest BCUT2D eigenvalue weighted by molar-refractivity contribution is 5.72. The molecule has 1 aromatic carbocycles. The summed E-state index contributed by atoms with van der Waals surface area (Å²) in [4.78, 5) is 11.4. The van der Waals surface area contributed by atoms with Crippen molar-refractivity contribution in [3.8, 4) is 0 Å². The van der Waals surface area contributed by atoms with Gasteiger partial charge in [-0.3, -0.25) is 0 Å². The fourth-order valence-corrected chi connectivity index (χ4v) is 4.63. The van der Waals surface area contributed by atoms with E-state index in [0.717, 1.165) is 18.4 Å². The van der Waals surface area contributed by atoms with E-state index in [1.165, 1.54) is 116 Å². The van der Waals surface area contributed by atoms with E-state index in [-0.39, 0.29) is 0 Å². The van der Waals surface area contributed by atoms with Crippen molar-refractivity contribution in [3.05, 3.63) is 35.9 Å². The first-order valence-electron chi connectivity index (χ1n) is 14.6. The molecule has 34 heavy (non-hydrogen) atoms. The topological polar surface area (TPSA) is 46.5 Å². The molecule has 1 N–H and O–H groups in total. The van der Waals surface area contributed by atoms with Crippen LogP contribution in [-0.2, 0) is 16.1 Å². The maximum absolute atomic E-state index is 11.4. The summed E-state index contributed by atoms with van der Waals surface area (Å²) in [7, 11) is 0. The zero-order valence-corrected chi connectivity index (χ0v) is 22.3. The second kappa shape index (κ2) is 23.4. The maximum Gasteiger partial charge on any atom is 0.332 e. The van der Waals surface area contributed by atoms with Crippen LogP contribution in [0.3, 0.4) is 0 Å². The van der Waals surface area contributed by atoms with E-state index in [1.54, 1.807) is 0 Å². The second-order valence-electron chi connectivity index (χ2n) is 10.1.